The topological polar surface area (TPSA) is 50.1 Å². The van der Waals surface area contributed by atoms with Gasteiger partial charge in [0, 0.05) is 16.2 Å². The number of allylic oxidation sites excluding steroid dienone is 1. The number of cyclic esters (lactones) is 1. The standard InChI is InChI=1S/C18H21NO2S/c1-17(2,3)15-9-8-13(22-15)7-6-12-10-18(4,5)21-16(20)14(12)11-19/h6-9H,10H2,1-5H3/b7-6+. The van der Waals surface area contributed by atoms with Gasteiger partial charge >= 0.3 is 5.97 Å². The Balaban J connectivity index is 2.30. The number of hydrogen-bond donors (Lipinski definition) is 0. The van der Waals surface area contributed by atoms with Crippen LogP contribution in [0.4, 0.5) is 0 Å². The van der Waals surface area contributed by atoms with Crippen LogP contribution >= 0.6 is 11.3 Å². The van der Waals surface area contributed by atoms with Gasteiger partial charge < -0.3 is 4.74 Å². The van der Waals surface area contributed by atoms with Gasteiger partial charge in [0.25, 0.3) is 0 Å². The third-order valence-corrected chi connectivity index (χ3v) is 4.91. The molecule has 2 heterocycles. The zero-order chi connectivity index (χ0) is 16.5. The fourth-order valence-corrected chi connectivity index (χ4v) is 3.27. The SMILES string of the molecule is CC1(C)CC(/C=C/c2ccc(C(C)(C)C)s2)=C(C#N)C(=O)O1. The molecule has 1 aliphatic heterocycles. The van der Waals surface area contributed by atoms with Crippen LogP contribution in [0.5, 0.6) is 0 Å². The Hall–Kier alpha value is -1.86. The van der Waals surface area contributed by atoms with Crippen molar-refractivity contribution in [3.05, 3.63) is 39.1 Å². The van der Waals surface area contributed by atoms with Gasteiger partial charge in [0.1, 0.15) is 17.2 Å². The van der Waals surface area contributed by atoms with Crippen LogP contribution in [0.2, 0.25) is 0 Å². The first-order chi connectivity index (χ1) is 10.1. The minimum absolute atomic E-state index is 0.114. The van der Waals surface area contributed by atoms with Gasteiger partial charge in [-0.05, 0) is 43.0 Å². The summed E-state index contributed by atoms with van der Waals surface area (Å²) in [7, 11) is 0. The lowest BCUT2D eigenvalue weighted by atomic mass is 9.91. The van der Waals surface area contributed by atoms with Crippen molar-refractivity contribution in [2.45, 2.75) is 52.1 Å². The summed E-state index contributed by atoms with van der Waals surface area (Å²) in [5.41, 5.74) is 0.422. The van der Waals surface area contributed by atoms with E-state index in [1.54, 1.807) is 11.3 Å². The van der Waals surface area contributed by atoms with E-state index in [0.29, 0.717) is 6.42 Å². The quantitative estimate of drug-likeness (QED) is 0.749. The molecule has 0 N–H and O–H groups in total. The first-order valence-corrected chi connectivity index (χ1v) is 8.09. The number of nitrogens with zero attached hydrogens (tertiary/aromatic N) is 1. The number of ether oxygens (including phenoxy) is 1. The van der Waals surface area contributed by atoms with Crippen molar-refractivity contribution in [1.82, 2.24) is 0 Å². The van der Waals surface area contributed by atoms with Gasteiger partial charge in [0.05, 0.1) is 0 Å². The number of rotatable bonds is 2. The monoisotopic (exact) mass is 315 g/mol. The lowest BCUT2D eigenvalue weighted by molar-refractivity contribution is -0.152. The Morgan fingerprint density at radius 2 is 2.00 bits per heavy atom. The predicted octanol–water partition coefficient (Wildman–Crippen LogP) is 4.60. The van der Waals surface area contributed by atoms with E-state index in [2.05, 4.69) is 32.9 Å². The van der Waals surface area contributed by atoms with Crippen LogP contribution in [-0.2, 0) is 14.9 Å². The van der Waals surface area contributed by atoms with Crippen LogP contribution < -0.4 is 0 Å². The number of hydrogen-bond acceptors (Lipinski definition) is 4. The molecule has 3 nitrogen and oxygen atoms in total. The summed E-state index contributed by atoms with van der Waals surface area (Å²) in [5, 5.41) is 9.17. The molecule has 0 saturated carbocycles. The minimum atomic E-state index is -0.566. The third-order valence-electron chi connectivity index (χ3n) is 3.44. The summed E-state index contributed by atoms with van der Waals surface area (Å²) in [6.45, 7) is 10.3. The van der Waals surface area contributed by atoms with Crippen molar-refractivity contribution >= 4 is 23.4 Å². The molecular formula is C18H21NO2S. The summed E-state index contributed by atoms with van der Waals surface area (Å²) in [4.78, 5) is 14.3. The molecule has 0 unspecified atom stereocenters. The number of nitriles is 1. The normalized spacial score (nSPS) is 18.5. The lowest BCUT2D eigenvalue weighted by Gasteiger charge is -2.30. The van der Waals surface area contributed by atoms with Crippen molar-refractivity contribution in [3.8, 4) is 6.07 Å². The summed E-state index contributed by atoms with van der Waals surface area (Å²) < 4.78 is 5.26. The third kappa shape index (κ3) is 3.66. The van der Waals surface area contributed by atoms with Crippen LogP contribution in [0.3, 0.4) is 0 Å². The lowest BCUT2D eigenvalue weighted by Crippen LogP contribution is -2.33. The fourth-order valence-electron chi connectivity index (χ4n) is 2.30. The minimum Gasteiger partial charge on any atom is -0.455 e. The molecule has 0 spiro atoms. The van der Waals surface area contributed by atoms with Crippen LogP contribution in [0.1, 0.15) is 50.8 Å². The smallest absolute Gasteiger partial charge is 0.349 e. The van der Waals surface area contributed by atoms with Crippen LogP contribution in [0.15, 0.2) is 29.4 Å². The second-order valence-electron chi connectivity index (χ2n) is 7.12. The van der Waals surface area contributed by atoms with Gasteiger partial charge in [-0.2, -0.15) is 5.26 Å². The Bertz CT molecular complexity index is 693. The fraction of sp³-hybridized carbons (Fsp3) is 0.444. The highest BCUT2D eigenvalue weighted by atomic mass is 32.1. The molecule has 1 aliphatic rings. The summed E-state index contributed by atoms with van der Waals surface area (Å²) >= 11 is 1.73. The molecule has 0 aliphatic carbocycles. The van der Waals surface area contributed by atoms with Gasteiger partial charge in [-0.3, -0.25) is 0 Å². The van der Waals surface area contributed by atoms with E-state index in [9.17, 15) is 10.1 Å². The Kier molecular flexibility index (Phi) is 4.30. The molecule has 0 saturated heterocycles. The van der Waals surface area contributed by atoms with Crippen LogP contribution in [-0.4, -0.2) is 11.6 Å². The van der Waals surface area contributed by atoms with E-state index in [0.717, 1.165) is 10.5 Å². The Labute approximate surface area is 135 Å². The first-order valence-electron chi connectivity index (χ1n) is 7.27. The van der Waals surface area contributed by atoms with Gasteiger partial charge in [-0.15, -0.1) is 11.3 Å². The Morgan fingerprint density at radius 3 is 2.55 bits per heavy atom. The second-order valence-corrected chi connectivity index (χ2v) is 8.24. The highest BCUT2D eigenvalue weighted by Crippen LogP contribution is 2.33. The average molecular weight is 315 g/mol. The van der Waals surface area contributed by atoms with Crippen LogP contribution in [0.25, 0.3) is 6.08 Å². The molecular weight excluding hydrogens is 294 g/mol. The largest absolute Gasteiger partial charge is 0.455 e. The molecule has 0 radical (unpaired) electrons. The molecule has 22 heavy (non-hydrogen) atoms. The summed E-state index contributed by atoms with van der Waals surface area (Å²) in [5.74, 6) is -0.528. The van der Waals surface area contributed by atoms with Crippen molar-refractivity contribution < 1.29 is 9.53 Å². The molecule has 0 amide bonds. The molecule has 0 fully saturated rings. The number of carbonyl (C=O) groups excluding carboxylic acids is 1. The van der Waals surface area contributed by atoms with Crippen molar-refractivity contribution in [3.63, 3.8) is 0 Å². The molecule has 1 aromatic heterocycles. The highest BCUT2D eigenvalue weighted by molar-refractivity contribution is 7.13. The maximum atomic E-state index is 11.9. The first kappa shape index (κ1) is 16.5. The molecule has 1 aromatic rings. The number of esters is 1. The van der Waals surface area contributed by atoms with Gasteiger partial charge in [0.2, 0.25) is 0 Å². The maximum absolute atomic E-state index is 11.9. The van der Waals surface area contributed by atoms with E-state index in [1.165, 1.54) is 4.88 Å². The molecule has 0 aromatic carbocycles. The van der Waals surface area contributed by atoms with E-state index >= 15 is 0 Å². The highest BCUT2D eigenvalue weighted by Gasteiger charge is 2.33. The molecule has 116 valence electrons. The molecule has 2 rings (SSSR count). The van der Waals surface area contributed by atoms with Crippen molar-refractivity contribution in [2.24, 2.45) is 0 Å². The second kappa shape index (κ2) is 5.73. The van der Waals surface area contributed by atoms with Crippen LogP contribution in [0, 0.1) is 11.3 Å². The van der Waals surface area contributed by atoms with Gasteiger partial charge in [-0.25, -0.2) is 4.79 Å². The molecule has 0 atom stereocenters. The van der Waals surface area contributed by atoms with Gasteiger partial charge in [-0.1, -0.05) is 26.8 Å². The number of thiophene rings is 1. The zero-order valence-electron chi connectivity index (χ0n) is 13.7. The Morgan fingerprint density at radius 1 is 1.32 bits per heavy atom. The number of carbonyl (C=O) groups is 1. The molecule has 4 heteroatoms. The summed E-state index contributed by atoms with van der Waals surface area (Å²) in [6.07, 6.45) is 4.40. The van der Waals surface area contributed by atoms with Crippen molar-refractivity contribution in [2.75, 3.05) is 0 Å². The summed E-state index contributed by atoms with van der Waals surface area (Å²) in [6, 6.07) is 6.16. The zero-order valence-corrected chi connectivity index (χ0v) is 14.5. The van der Waals surface area contributed by atoms with E-state index in [4.69, 9.17) is 4.74 Å². The average Bonchev–Trinajstić information content (AvgIpc) is 2.83. The predicted molar refractivity (Wildman–Crippen MR) is 89.5 cm³/mol. The van der Waals surface area contributed by atoms with Gasteiger partial charge in [0.15, 0.2) is 0 Å². The maximum Gasteiger partial charge on any atom is 0.349 e. The van der Waals surface area contributed by atoms with E-state index in [1.807, 2.05) is 32.1 Å². The van der Waals surface area contributed by atoms with Crippen molar-refractivity contribution in [1.29, 1.82) is 5.26 Å². The van der Waals surface area contributed by atoms with E-state index in [-0.39, 0.29) is 11.0 Å². The van der Waals surface area contributed by atoms with E-state index < -0.39 is 11.6 Å². The molecule has 0 bridgehead atoms.